The first kappa shape index (κ1) is 15.0. The second-order valence-corrected chi connectivity index (χ2v) is 5.98. The minimum Gasteiger partial charge on any atom is -0.396 e. The second-order valence-electron chi connectivity index (χ2n) is 4.27. The first-order chi connectivity index (χ1) is 9.38. The summed E-state index contributed by atoms with van der Waals surface area (Å²) in [6.45, 7) is 1.95. The van der Waals surface area contributed by atoms with Crippen LogP contribution in [-0.2, 0) is 0 Å². The van der Waals surface area contributed by atoms with Gasteiger partial charge in [0.15, 0.2) is 0 Å². The molecule has 2 aromatic rings. The van der Waals surface area contributed by atoms with Gasteiger partial charge in [0.05, 0.1) is 11.3 Å². The van der Waals surface area contributed by atoms with Crippen LogP contribution >= 0.6 is 31.9 Å². The number of amides is 1. The lowest BCUT2D eigenvalue weighted by atomic mass is 10.1. The Morgan fingerprint density at radius 2 is 1.90 bits per heavy atom. The normalized spacial score (nSPS) is 10.4. The third-order valence-electron chi connectivity index (χ3n) is 2.76. The molecule has 0 unspecified atom stereocenters. The van der Waals surface area contributed by atoms with Crippen LogP contribution in [0.2, 0.25) is 0 Å². The van der Waals surface area contributed by atoms with Gasteiger partial charge in [-0.1, -0.05) is 22.0 Å². The Hall–Kier alpha value is -1.40. The molecule has 0 aromatic heterocycles. The highest BCUT2D eigenvalue weighted by Crippen LogP contribution is 2.25. The quantitative estimate of drug-likeness (QED) is 0.728. The summed E-state index contributed by atoms with van der Waals surface area (Å²) in [4.78, 5) is 12.2. The lowest BCUT2D eigenvalue weighted by Gasteiger charge is -2.09. The largest absolute Gasteiger partial charge is 0.396 e. The average Bonchev–Trinajstić information content (AvgIpc) is 2.38. The fourth-order valence-corrected chi connectivity index (χ4v) is 2.48. The van der Waals surface area contributed by atoms with Crippen LogP contribution in [-0.4, -0.2) is 5.91 Å². The minimum absolute atomic E-state index is 0.0663. The number of aryl methyl sites for hydroxylation is 1. The number of benzene rings is 2. The van der Waals surface area contributed by atoms with Crippen LogP contribution in [0, 0.1) is 12.7 Å². The number of anilines is 2. The molecule has 3 nitrogen and oxygen atoms in total. The van der Waals surface area contributed by atoms with E-state index in [1.165, 1.54) is 12.1 Å². The Morgan fingerprint density at radius 1 is 1.20 bits per heavy atom. The zero-order valence-corrected chi connectivity index (χ0v) is 13.7. The van der Waals surface area contributed by atoms with Gasteiger partial charge >= 0.3 is 0 Å². The van der Waals surface area contributed by atoms with E-state index in [1.54, 1.807) is 12.1 Å². The van der Waals surface area contributed by atoms with Crippen LogP contribution in [0.1, 0.15) is 15.9 Å². The molecule has 0 spiro atoms. The Labute approximate surface area is 132 Å². The summed E-state index contributed by atoms with van der Waals surface area (Å²) in [5, 5.41) is 2.74. The molecular formula is C14H11Br2FN2O. The van der Waals surface area contributed by atoms with Gasteiger partial charge < -0.3 is 11.1 Å². The number of nitrogens with two attached hydrogens (primary N) is 1. The summed E-state index contributed by atoms with van der Waals surface area (Å²) in [6, 6.07) is 7.95. The summed E-state index contributed by atoms with van der Waals surface area (Å²) in [6.07, 6.45) is 0. The number of hydrogen-bond donors (Lipinski definition) is 2. The highest BCUT2D eigenvalue weighted by molar-refractivity contribution is 9.10. The highest BCUT2D eigenvalue weighted by atomic mass is 79.9. The molecule has 6 heteroatoms. The molecule has 0 bridgehead atoms. The van der Waals surface area contributed by atoms with Crippen LogP contribution in [0.15, 0.2) is 39.3 Å². The van der Waals surface area contributed by atoms with Gasteiger partial charge in [0.1, 0.15) is 5.82 Å². The number of halogens is 3. The van der Waals surface area contributed by atoms with Crippen LogP contribution in [0.3, 0.4) is 0 Å². The van der Waals surface area contributed by atoms with Crippen LogP contribution in [0.25, 0.3) is 0 Å². The summed E-state index contributed by atoms with van der Waals surface area (Å²) < 4.78 is 14.5. The second kappa shape index (κ2) is 5.93. The molecule has 0 fully saturated rings. The standard InChI is InChI=1S/C14H11Br2FN2O/c1-7-2-3-8(4-10(7)15)19-14(20)9-5-13(18)12(17)6-11(9)16/h2-6H,18H2,1H3,(H,19,20). The zero-order valence-electron chi connectivity index (χ0n) is 10.5. The van der Waals surface area contributed by atoms with Crippen molar-refractivity contribution in [3.63, 3.8) is 0 Å². The van der Waals surface area contributed by atoms with E-state index < -0.39 is 5.82 Å². The lowest BCUT2D eigenvalue weighted by Crippen LogP contribution is -2.13. The Morgan fingerprint density at radius 3 is 2.55 bits per heavy atom. The minimum atomic E-state index is -0.563. The van der Waals surface area contributed by atoms with E-state index in [1.807, 2.05) is 13.0 Å². The first-order valence-corrected chi connectivity index (χ1v) is 7.29. The van der Waals surface area contributed by atoms with Gasteiger partial charge in [0, 0.05) is 14.6 Å². The van der Waals surface area contributed by atoms with Crippen molar-refractivity contribution in [2.45, 2.75) is 6.92 Å². The van der Waals surface area contributed by atoms with Gasteiger partial charge in [-0.25, -0.2) is 4.39 Å². The third kappa shape index (κ3) is 3.19. The van der Waals surface area contributed by atoms with Crippen molar-refractivity contribution < 1.29 is 9.18 Å². The summed E-state index contributed by atoms with van der Waals surface area (Å²) >= 11 is 6.55. The molecule has 0 radical (unpaired) electrons. The summed E-state index contributed by atoms with van der Waals surface area (Å²) in [5.74, 6) is -0.925. The van der Waals surface area contributed by atoms with Crippen molar-refractivity contribution in [3.8, 4) is 0 Å². The van der Waals surface area contributed by atoms with E-state index in [4.69, 9.17) is 5.73 Å². The van der Waals surface area contributed by atoms with Gasteiger partial charge in [-0.15, -0.1) is 0 Å². The number of hydrogen-bond acceptors (Lipinski definition) is 2. The Bertz CT molecular complexity index is 689. The monoisotopic (exact) mass is 400 g/mol. The van der Waals surface area contributed by atoms with Gasteiger partial charge in [0.25, 0.3) is 5.91 Å². The van der Waals surface area contributed by atoms with Gasteiger partial charge in [-0.3, -0.25) is 4.79 Å². The number of nitrogen functional groups attached to an aromatic ring is 1. The Kier molecular flexibility index (Phi) is 4.45. The van der Waals surface area contributed by atoms with E-state index in [9.17, 15) is 9.18 Å². The predicted molar refractivity (Wildman–Crippen MR) is 85.3 cm³/mol. The van der Waals surface area contributed by atoms with E-state index in [0.717, 1.165) is 10.0 Å². The van der Waals surface area contributed by atoms with Crippen molar-refractivity contribution in [1.29, 1.82) is 0 Å². The third-order valence-corrected chi connectivity index (χ3v) is 4.27. The molecule has 0 aliphatic heterocycles. The summed E-state index contributed by atoms with van der Waals surface area (Å²) in [5.41, 5.74) is 7.40. The Balaban J connectivity index is 2.28. The molecule has 2 rings (SSSR count). The molecule has 20 heavy (non-hydrogen) atoms. The molecule has 3 N–H and O–H groups in total. The predicted octanol–water partition coefficient (Wildman–Crippen LogP) is 4.49. The maximum Gasteiger partial charge on any atom is 0.256 e. The number of carbonyl (C=O) groups excluding carboxylic acids is 1. The van der Waals surface area contributed by atoms with E-state index in [0.29, 0.717) is 10.2 Å². The average molecular weight is 402 g/mol. The van der Waals surface area contributed by atoms with Crippen molar-refractivity contribution in [1.82, 2.24) is 0 Å². The van der Waals surface area contributed by atoms with Crippen molar-refractivity contribution in [2.75, 3.05) is 11.1 Å². The van der Waals surface area contributed by atoms with Crippen molar-refractivity contribution in [3.05, 3.63) is 56.2 Å². The smallest absolute Gasteiger partial charge is 0.256 e. The van der Waals surface area contributed by atoms with Crippen LogP contribution in [0.4, 0.5) is 15.8 Å². The SMILES string of the molecule is Cc1ccc(NC(=O)c2cc(N)c(F)cc2Br)cc1Br. The fraction of sp³-hybridized carbons (Fsp3) is 0.0714. The maximum atomic E-state index is 13.3. The molecule has 0 saturated carbocycles. The molecule has 1 amide bonds. The van der Waals surface area contributed by atoms with Crippen LogP contribution < -0.4 is 11.1 Å². The number of nitrogens with one attached hydrogen (secondary N) is 1. The van der Waals surface area contributed by atoms with Gasteiger partial charge in [-0.2, -0.15) is 0 Å². The fourth-order valence-electron chi connectivity index (χ4n) is 1.61. The van der Waals surface area contributed by atoms with Gasteiger partial charge in [-0.05, 0) is 52.7 Å². The van der Waals surface area contributed by atoms with Gasteiger partial charge in [0.2, 0.25) is 0 Å². The summed E-state index contributed by atoms with van der Waals surface area (Å²) in [7, 11) is 0. The highest BCUT2D eigenvalue weighted by Gasteiger charge is 2.13. The molecule has 2 aromatic carbocycles. The first-order valence-electron chi connectivity index (χ1n) is 5.70. The maximum absolute atomic E-state index is 13.3. The molecule has 0 aliphatic rings. The van der Waals surface area contributed by atoms with Crippen molar-refractivity contribution in [2.24, 2.45) is 0 Å². The molecule has 0 aliphatic carbocycles. The molecule has 0 heterocycles. The van der Waals surface area contributed by atoms with E-state index in [2.05, 4.69) is 37.2 Å². The molecule has 0 saturated heterocycles. The van der Waals surface area contributed by atoms with E-state index >= 15 is 0 Å². The zero-order chi connectivity index (χ0) is 14.9. The number of carbonyl (C=O) groups is 1. The topological polar surface area (TPSA) is 55.1 Å². The van der Waals surface area contributed by atoms with Crippen LogP contribution in [0.5, 0.6) is 0 Å². The lowest BCUT2D eigenvalue weighted by molar-refractivity contribution is 0.102. The van der Waals surface area contributed by atoms with Crippen molar-refractivity contribution >= 4 is 49.1 Å². The molecule has 0 atom stereocenters. The molecule has 104 valence electrons. The van der Waals surface area contributed by atoms with E-state index in [-0.39, 0.29) is 17.2 Å². The number of rotatable bonds is 2. The molecular weight excluding hydrogens is 391 g/mol.